The molecule has 0 aliphatic carbocycles. The molecule has 32 valence electrons. The van der Waals surface area contributed by atoms with Crippen molar-refractivity contribution in [3.05, 3.63) is 5.82 Å². The topological polar surface area (TPSA) is 54.5 Å². The SMILES string of the molecule is [2H]n1nnnc1C. The number of H-pyrrole nitrogens is 1. The number of nitrogens with zero attached hydrogens (tertiary/aromatic N) is 3. The molecule has 1 N–H and O–H groups in total. The molecule has 0 bridgehead atoms. The molecular weight excluding hydrogens is 80.0 g/mol. The van der Waals surface area contributed by atoms with E-state index in [-0.39, 0.29) is 0 Å². The molecule has 0 fully saturated rings. The Balaban J connectivity index is 3.12. The van der Waals surface area contributed by atoms with Crippen LogP contribution in [0.25, 0.3) is 0 Å². The second-order valence-electron chi connectivity index (χ2n) is 0.926. The van der Waals surface area contributed by atoms with Crippen LogP contribution in [0.15, 0.2) is 0 Å². The van der Waals surface area contributed by atoms with Gasteiger partial charge >= 0.3 is 0 Å². The summed E-state index contributed by atoms with van der Waals surface area (Å²) in [6, 6.07) is 0. The Hall–Kier alpha value is -0.930. The molecule has 0 aromatic carbocycles. The van der Waals surface area contributed by atoms with Gasteiger partial charge in [-0.05, 0) is 17.4 Å². The fourth-order valence-electron chi connectivity index (χ4n) is 0.189. The lowest BCUT2D eigenvalue weighted by Gasteiger charge is -1.62. The smallest absolute Gasteiger partial charge is 0.193 e. The van der Waals surface area contributed by atoms with Crippen molar-refractivity contribution in [1.29, 1.82) is 0 Å². The summed E-state index contributed by atoms with van der Waals surface area (Å²) in [6.45, 7) is 1.66. The van der Waals surface area contributed by atoms with Gasteiger partial charge in [0.2, 0.25) is 0 Å². The molecule has 1 aromatic rings. The van der Waals surface area contributed by atoms with Crippen LogP contribution in [-0.2, 0) is 0 Å². The van der Waals surface area contributed by atoms with E-state index in [1.54, 1.807) is 6.92 Å². The van der Waals surface area contributed by atoms with Crippen molar-refractivity contribution in [2.45, 2.75) is 6.92 Å². The average molecular weight is 85.1 g/mol. The molecule has 1 rings (SSSR count). The van der Waals surface area contributed by atoms with Crippen molar-refractivity contribution in [3.63, 3.8) is 0 Å². The first-order valence-corrected chi connectivity index (χ1v) is 1.55. The van der Waals surface area contributed by atoms with Gasteiger partial charge in [0.05, 0.1) is 0 Å². The summed E-state index contributed by atoms with van der Waals surface area (Å²) in [6.07, 6.45) is 0. The predicted molar refractivity (Wildman–Crippen MR) is 18.9 cm³/mol. The summed E-state index contributed by atoms with van der Waals surface area (Å²) in [5.41, 5.74) is 0. The molecule has 0 saturated heterocycles. The molecule has 4 heteroatoms. The van der Waals surface area contributed by atoms with E-state index >= 15 is 0 Å². The van der Waals surface area contributed by atoms with Crippen LogP contribution in [0.3, 0.4) is 0 Å². The molecule has 0 radical (unpaired) electrons. The van der Waals surface area contributed by atoms with Crippen molar-refractivity contribution in [3.8, 4) is 0 Å². The number of hydrogen-bond donors (Lipinski definition) is 1. The first kappa shape index (κ1) is 2.28. The summed E-state index contributed by atoms with van der Waals surface area (Å²) in [5, 5.41) is 10.7. The number of aromatic nitrogens is 4. The molecule has 1 heterocycles. The van der Waals surface area contributed by atoms with E-state index < -0.39 is 0 Å². The van der Waals surface area contributed by atoms with Crippen molar-refractivity contribution < 1.29 is 1.41 Å². The molecule has 0 amide bonds. The molecule has 6 heavy (non-hydrogen) atoms. The van der Waals surface area contributed by atoms with E-state index in [1.807, 2.05) is 0 Å². The second kappa shape index (κ2) is 1.04. The Morgan fingerprint density at radius 2 is 2.83 bits per heavy atom. The monoisotopic (exact) mass is 85.0 g/mol. The quantitative estimate of drug-likeness (QED) is 0.462. The van der Waals surface area contributed by atoms with Gasteiger partial charge in [-0.3, -0.25) is 0 Å². The average Bonchev–Trinajstić information content (AvgIpc) is 1.91. The Labute approximate surface area is 36.0 Å². The van der Waals surface area contributed by atoms with E-state index in [4.69, 9.17) is 1.41 Å². The molecule has 0 saturated carbocycles. The highest BCUT2D eigenvalue weighted by atomic mass is 15.5. The minimum absolute atomic E-state index is 0.500. The number of tetrazole rings is 1. The van der Waals surface area contributed by atoms with Crippen LogP contribution in [0.5, 0.6) is 0 Å². The zero-order valence-corrected chi connectivity index (χ0v) is 3.29. The van der Waals surface area contributed by atoms with Gasteiger partial charge in [0, 0.05) is 0 Å². The third-order valence-electron chi connectivity index (χ3n) is 0.419. The van der Waals surface area contributed by atoms with Crippen molar-refractivity contribution in [1.82, 2.24) is 20.6 Å². The first-order chi connectivity index (χ1) is 3.30. The Morgan fingerprint density at radius 1 is 2.00 bits per heavy atom. The van der Waals surface area contributed by atoms with Crippen LogP contribution in [0.1, 0.15) is 5.82 Å². The Morgan fingerprint density at radius 3 is 3.00 bits per heavy atom. The fraction of sp³-hybridized carbons (Fsp3) is 0.500. The molecular formula is C2H4N4. The van der Waals surface area contributed by atoms with Crippen LogP contribution in [0.4, 0.5) is 0 Å². The third-order valence-corrected chi connectivity index (χ3v) is 0.419. The Bertz CT molecular complexity index is 142. The highest BCUT2D eigenvalue weighted by Crippen LogP contribution is 1.69. The number of aromatic amines is 1. The lowest BCUT2D eigenvalue weighted by molar-refractivity contribution is 0.881. The maximum Gasteiger partial charge on any atom is 0.193 e. The lowest BCUT2D eigenvalue weighted by atomic mass is 10.8. The van der Waals surface area contributed by atoms with E-state index in [2.05, 4.69) is 15.5 Å². The molecule has 0 spiro atoms. The van der Waals surface area contributed by atoms with Crippen LogP contribution >= 0.6 is 0 Å². The predicted octanol–water partition coefficient (Wildman–Crippen LogP) is -0.492. The summed E-state index contributed by atoms with van der Waals surface area (Å²) in [5.74, 6) is 0.500. The lowest BCUT2D eigenvalue weighted by Crippen LogP contribution is -1.69. The maximum atomic E-state index is 6.78. The minimum Gasteiger partial charge on any atom is -0.243 e. The number of aryl methyl sites for hydroxylation is 1. The van der Waals surface area contributed by atoms with E-state index in [0.717, 1.165) is 5.09 Å². The van der Waals surface area contributed by atoms with Crippen LogP contribution < -0.4 is 0 Å². The first-order valence-electron chi connectivity index (χ1n) is 1.99. The highest BCUT2D eigenvalue weighted by Gasteiger charge is 1.77. The molecule has 4 nitrogen and oxygen atoms in total. The fourth-order valence-corrected chi connectivity index (χ4v) is 0.189. The highest BCUT2D eigenvalue weighted by molar-refractivity contribution is 4.63. The van der Waals surface area contributed by atoms with Crippen LogP contribution in [0.2, 0.25) is 1.41 Å². The number of rotatable bonds is 0. The second-order valence-corrected chi connectivity index (χ2v) is 0.926. The van der Waals surface area contributed by atoms with Crippen molar-refractivity contribution in [2.75, 3.05) is 0 Å². The third kappa shape index (κ3) is 0.357. The summed E-state index contributed by atoms with van der Waals surface area (Å²) < 4.78 is 6.78. The standard InChI is InChI=1S/C2H4N4/c1-2-3-5-6-4-2/h1H3,(H,3,4,5,6)/i/hD. The molecule has 1 aromatic heterocycles. The van der Waals surface area contributed by atoms with Gasteiger partial charge in [-0.15, -0.1) is 5.10 Å². The number of hydrogen-bond acceptors (Lipinski definition) is 3. The largest absolute Gasteiger partial charge is 0.243 e. The van der Waals surface area contributed by atoms with Crippen molar-refractivity contribution >= 4 is 0 Å². The zero-order valence-electron chi connectivity index (χ0n) is 4.29. The van der Waals surface area contributed by atoms with Gasteiger partial charge in [-0.2, -0.15) is 0 Å². The van der Waals surface area contributed by atoms with Gasteiger partial charge < -0.3 is 0 Å². The zero-order chi connectivity index (χ0) is 5.28. The van der Waals surface area contributed by atoms with Gasteiger partial charge in [0.25, 0.3) is 0 Å². The maximum absolute atomic E-state index is 6.78. The van der Waals surface area contributed by atoms with Gasteiger partial charge in [0.1, 0.15) is 5.82 Å². The summed E-state index contributed by atoms with van der Waals surface area (Å²) in [4.78, 5) is 0. The minimum atomic E-state index is 0.500. The number of nitrogens with one attached hydrogen (secondary N) is 1. The molecule has 0 unspecified atom stereocenters. The molecule has 0 aliphatic rings. The molecule has 0 aliphatic heterocycles. The van der Waals surface area contributed by atoms with E-state index in [1.165, 1.54) is 0 Å². The summed E-state index contributed by atoms with van der Waals surface area (Å²) >= 11 is 0. The Kier molecular flexibility index (Phi) is 0.396. The van der Waals surface area contributed by atoms with Crippen LogP contribution in [-0.4, -0.2) is 20.6 Å². The van der Waals surface area contributed by atoms with E-state index in [0.29, 0.717) is 5.82 Å². The van der Waals surface area contributed by atoms with Crippen LogP contribution in [0, 0.1) is 6.92 Å². The normalized spacial score (nSPS) is 11.2. The van der Waals surface area contributed by atoms with Gasteiger partial charge in [-0.25, -0.2) is 5.09 Å². The van der Waals surface area contributed by atoms with E-state index in [9.17, 15) is 0 Å². The molecule has 0 atom stereocenters. The summed E-state index contributed by atoms with van der Waals surface area (Å²) in [7, 11) is 0. The van der Waals surface area contributed by atoms with Gasteiger partial charge in [0.15, 0.2) is 1.41 Å². The van der Waals surface area contributed by atoms with Crippen molar-refractivity contribution in [2.24, 2.45) is 0 Å². The van der Waals surface area contributed by atoms with Gasteiger partial charge in [-0.1, -0.05) is 0 Å².